The van der Waals surface area contributed by atoms with Crippen molar-refractivity contribution in [1.82, 2.24) is 25.9 Å². The first-order valence-corrected chi connectivity index (χ1v) is 6.82. The summed E-state index contributed by atoms with van der Waals surface area (Å²) in [6.45, 7) is 0.306. The summed E-state index contributed by atoms with van der Waals surface area (Å²) in [5, 5.41) is 18.2. The summed E-state index contributed by atoms with van der Waals surface area (Å²) in [4.78, 5) is 13.4. The Bertz CT molecular complexity index is 548. The smallest absolute Gasteiger partial charge is 0.252 e. The highest BCUT2D eigenvalue weighted by molar-refractivity contribution is 7.10. The lowest BCUT2D eigenvalue weighted by Crippen LogP contribution is -2.24. The summed E-state index contributed by atoms with van der Waals surface area (Å²) in [6.07, 6.45) is 4.54. The minimum Gasteiger partial charge on any atom is -0.345 e. The van der Waals surface area contributed by atoms with Gasteiger partial charge in [0, 0.05) is 10.3 Å². The van der Waals surface area contributed by atoms with Crippen LogP contribution >= 0.6 is 11.3 Å². The van der Waals surface area contributed by atoms with Crippen LogP contribution < -0.4 is 5.32 Å². The average molecular weight is 263 g/mol. The van der Waals surface area contributed by atoms with Gasteiger partial charge >= 0.3 is 0 Å². The fraction of sp³-hybridized carbons (Fsp3) is 0.455. The van der Waals surface area contributed by atoms with Gasteiger partial charge in [-0.1, -0.05) is 5.21 Å². The lowest BCUT2D eigenvalue weighted by Gasteiger charge is -2.12. The van der Waals surface area contributed by atoms with Crippen LogP contribution in [0, 0.1) is 0 Å². The number of carbonyl (C=O) groups is 1. The summed E-state index contributed by atoms with van der Waals surface area (Å²) in [5.41, 5.74) is 2.05. The Labute approximate surface area is 108 Å². The van der Waals surface area contributed by atoms with Crippen molar-refractivity contribution < 1.29 is 4.79 Å². The fourth-order valence-electron chi connectivity index (χ4n) is 2.20. The summed E-state index contributed by atoms with van der Waals surface area (Å²) in [7, 11) is 0. The third-order valence-electron chi connectivity index (χ3n) is 3.10. The third kappa shape index (κ3) is 2.13. The lowest BCUT2D eigenvalue weighted by molar-refractivity contribution is 0.0949. The molecule has 0 aromatic carbocycles. The maximum Gasteiger partial charge on any atom is 0.252 e. The van der Waals surface area contributed by atoms with Gasteiger partial charge in [0.05, 0.1) is 12.1 Å². The van der Waals surface area contributed by atoms with Crippen molar-refractivity contribution in [2.24, 2.45) is 0 Å². The minimum atomic E-state index is -0.0424. The molecule has 0 bridgehead atoms. The molecule has 1 aliphatic carbocycles. The number of amides is 1. The normalized spacial score (nSPS) is 14.2. The van der Waals surface area contributed by atoms with Crippen molar-refractivity contribution in [2.75, 3.05) is 0 Å². The number of nitrogens with zero attached hydrogens (tertiary/aromatic N) is 3. The van der Waals surface area contributed by atoms with Crippen LogP contribution in [0.1, 0.15) is 39.5 Å². The van der Waals surface area contributed by atoms with E-state index in [-0.39, 0.29) is 5.91 Å². The zero-order valence-corrected chi connectivity index (χ0v) is 10.6. The first-order chi connectivity index (χ1) is 8.84. The van der Waals surface area contributed by atoms with Gasteiger partial charge in [-0.25, -0.2) is 0 Å². The van der Waals surface area contributed by atoms with E-state index in [1.165, 1.54) is 23.3 Å². The Hall–Kier alpha value is -1.76. The third-order valence-corrected chi connectivity index (χ3v) is 4.19. The van der Waals surface area contributed by atoms with Crippen molar-refractivity contribution in [3.8, 4) is 0 Å². The number of aryl methyl sites for hydroxylation is 1. The van der Waals surface area contributed by atoms with Gasteiger partial charge in [0.2, 0.25) is 0 Å². The maximum atomic E-state index is 12.1. The number of aromatic nitrogens is 4. The predicted molar refractivity (Wildman–Crippen MR) is 66.3 cm³/mol. The van der Waals surface area contributed by atoms with Crippen molar-refractivity contribution >= 4 is 17.2 Å². The molecule has 6 nitrogen and oxygen atoms in total. The van der Waals surface area contributed by atoms with E-state index < -0.39 is 0 Å². The number of rotatable bonds is 3. The molecule has 1 amide bonds. The van der Waals surface area contributed by atoms with Crippen LogP contribution in [0.15, 0.2) is 5.38 Å². The monoisotopic (exact) mass is 263 g/mol. The second-order valence-corrected chi connectivity index (χ2v) is 5.23. The SMILES string of the molecule is O=C(NCc1nn[nH]n1)c1csc2c1CCCC2. The number of carbonyl (C=O) groups excluding carboxylic acids is 1. The number of nitrogens with one attached hydrogen (secondary N) is 2. The summed E-state index contributed by atoms with van der Waals surface area (Å²) in [6, 6.07) is 0. The molecule has 0 spiro atoms. The van der Waals surface area contributed by atoms with Gasteiger partial charge in [0.1, 0.15) is 0 Å². The van der Waals surface area contributed by atoms with Gasteiger partial charge in [0.25, 0.3) is 5.91 Å². The number of hydrogen-bond acceptors (Lipinski definition) is 5. The van der Waals surface area contributed by atoms with E-state index in [0.717, 1.165) is 18.4 Å². The molecule has 3 rings (SSSR count). The van der Waals surface area contributed by atoms with E-state index in [9.17, 15) is 4.79 Å². The number of hydrogen-bond donors (Lipinski definition) is 2. The number of thiophene rings is 1. The quantitative estimate of drug-likeness (QED) is 0.867. The highest BCUT2D eigenvalue weighted by Gasteiger charge is 2.19. The van der Waals surface area contributed by atoms with E-state index >= 15 is 0 Å². The van der Waals surface area contributed by atoms with Crippen LogP contribution in [0.4, 0.5) is 0 Å². The molecular formula is C11H13N5OS. The van der Waals surface area contributed by atoms with Crippen LogP contribution in [0.5, 0.6) is 0 Å². The van der Waals surface area contributed by atoms with Crippen molar-refractivity contribution in [3.63, 3.8) is 0 Å². The van der Waals surface area contributed by atoms with Crippen LogP contribution in [0.3, 0.4) is 0 Å². The molecular weight excluding hydrogens is 250 g/mol. The van der Waals surface area contributed by atoms with Gasteiger partial charge in [-0.2, -0.15) is 5.21 Å². The molecule has 0 saturated carbocycles. The molecule has 7 heteroatoms. The fourth-order valence-corrected chi connectivity index (χ4v) is 3.32. The molecule has 0 fully saturated rings. The zero-order valence-electron chi connectivity index (χ0n) is 9.77. The second kappa shape index (κ2) is 4.85. The number of fused-ring (bicyclic) bond motifs is 1. The minimum absolute atomic E-state index is 0.0424. The summed E-state index contributed by atoms with van der Waals surface area (Å²) < 4.78 is 0. The average Bonchev–Trinajstić information content (AvgIpc) is 3.05. The molecule has 18 heavy (non-hydrogen) atoms. The van der Waals surface area contributed by atoms with Gasteiger partial charge in [-0.05, 0) is 31.2 Å². The van der Waals surface area contributed by atoms with Crippen molar-refractivity contribution in [1.29, 1.82) is 0 Å². The molecule has 0 atom stereocenters. The molecule has 0 unspecified atom stereocenters. The number of tetrazole rings is 1. The zero-order chi connectivity index (χ0) is 12.4. The summed E-state index contributed by atoms with van der Waals surface area (Å²) >= 11 is 1.69. The van der Waals surface area contributed by atoms with Gasteiger partial charge in [0.15, 0.2) is 5.82 Å². The molecule has 2 N–H and O–H groups in total. The van der Waals surface area contributed by atoms with Crippen LogP contribution in [0.2, 0.25) is 0 Å². The van der Waals surface area contributed by atoms with E-state index in [4.69, 9.17) is 0 Å². The predicted octanol–water partition coefficient (Wildman–Crippen LogP) is 1.07. The Morgan fingerprint density at radius 2 is 2.33 bits per heavy atom. The van der Waals surface area contributed by atoms with E-state index in [2.05, 4.69) is 25.9 Å². The van der Waals surface area contributed by atoms with Crippen molar-refractivity contribution in [3.05, 3.63) is 27.2 Å². The topological polar surface area (TPSA) is 83.6 Å². The number of aromatic amines is 1. The molecule has 0 aliphatic heterocycles. The number of H-pyrrole nitrogens is 1. The Morgan fingerprint density at radius 1 is 1.44 bits per heavy atom. The van der Waals surface area contributed by atoms with E-state index in [1.54, 1.807) is 11.3 Å². The molecule has 2 heterocycles. The van der Waals surface area contributed by atoms with Gasteiger partial charge in [-0.15, -0.1) is 21.5 Å². The van der Waals surface area contributed by atoms with E-state index in [1.807, 2.05) is 5.38 Å². The molecule has 94 valence electrons. The molecule has 0 radical (unpaired) electrons. The van der Waals surface area contributed by atoms with E-state index in [0.29, 0.717) is 12.4 Å². The highest BCUT2D eigenvalue weighted by atomic mass is 32.1. The van der Waals surface area contributed by atoms with Crippen LogP contribution in [0.25, 0.3) is 0 Å². The molecule has 2 aromatic rings. The molecule has 0 saturated heterocycles. The second-order valence-electron chi connectivity index (χ2n) is 4.27. The lowest BCUT2D eigenvalue weighted by atomic mass is 9.96. The van der Waals surface area contributed by atoms with Crippen LogP contribution in [-0.4, -0.2) is 26.5 Å². The maximum absolute atomic E-state index is 12.1. The first kappa shape index (κ1) is 11.3. The largest absolute Gasteiger partial charge is 0.345 e. The van der Waals surface area contributed by atoms with Gasteiger partial charge < -0.3 is 5.32 Å². The molecule has 2 aromatic heterocycles. The molecule has 1 aliphatic rings. The van der Waals surface area contributed by atoms with Crippen molar-refractivity contribution in [2.45, 2.75) is 32.2 Å². The Morgan fingerprint density at radius 3 is 3.17 bits per heavy atom. The highest BCUT2D eigenvalue weighted by Crippen LogP contribution is 2.30. The Kier molecular flexibility index (Phi) is 3.06. The van der Waals surface area contributed by atoms with Gasteiger partial charge in [-0.3, -0.25) is 4.79 Å². The first-order valence-electron chi connectivity index (χ1n) is 5.94. The summed E-state index contributed by atoms with van der Waals surface area (Å²) in [5.74, 6) is 0.451. The van der Waals surface area contributed by atoms with Crippen LogP contribution in [-0.2, 0) is 19.4 Å². The standard InChI is InChI=1S/C11H13N5OS/c17-11(12-5-10-13-15-16-14-10)8-6-18-9-4-2-1-3-7(8)9/h6H,1-5H2,(H,12,17)(H,13,14,15,16). The Balaban J connectivity index is 1.70.